The Morgan fingerprint density at radius 3 is 2.41 bits per heavy atom. The number of carbonyl (C=O) groups excluding carboxylic acids is 1. The van der Waals surface area contributed by atoms with Gasteiger partial charge in [0.1, 0.15) is 29.2 Å². The molecule has 194 valence electrons. The van der Waals surface area contributed by atoms with E-state index in [1.807, 2.05) is 18.2 Å². The number of nitrogens with zero attached hydrogens (tertiary/aromatic N) is 1. The van der Waals surface area contributed by atoms with E-state index >= 15 is 0 Å². The summed E-state index contributed by atoms with van der Waals surface area (Å²) in [6.45, 7) is 0.465. The van der Waals surface area contributed by atoms with Crippen LogP contribution in [0.5, 0.6) is 5.75 Å². The summed E-state index contributed by atoms with van der Waals surface area (Å²) in [6, 6.07) is 16.9. The van der Waals surface area contributed by atoms with Crippen LogP contribution >= 0.6 is 0 Å². The third-order valence-corrected chi connectivity index (χ3v) is 7.51. The molecular formula is C28H25F4NO3S. The molecule has 1 aliphatic heterocycles. The SMILES string of the molecule is O=C(CCc1cccc(OCc2ccc(C(F)(F)F)cc2)c1)[C@@H]1CC=CCN1S(=O)c1ccc(F)cc1. The summed E-state index contributed by atoms with van der Waals surface area (Å²) in [5.74, 6) is 0.0814. The van der Waals surface area contributed by atoms with E-state index < -0.39 is 34.6 Å². The van der Waals surface area contributed by atoms with Crippen LogP contribution in [0.3, 0.4) is 0 Å². The molecule has 0 bridgehead atoms. The Balaban J connectivity index is 1.34. The van der Waals surface area contributed by atoms with Gasteiger partial charge in [-0.05, 0) is 72.5 Å². The van der Waals surface area contributed by atoms with E-state index in [0.29, 0.717) is 35.6 Å². The minimum atomic E-state index is -4.38. The van der Waals surface area contributed by atoms with Crippen LogP contribution in [0.4, 0.5) is 17.6 Å². The molecule has 0 N–H and O–H groups in total. The third kappa shape index (κ3) is 7.14. The van der Waals surface area contributed by atoms with Gasteiger partial charge in [-0.1, -0.05) is 36.4 Å². The maximum Gasteiger partial charge on any atom is 0.416 e. The van der Waals surface area contributed by atoms with E-state index in [4.69, 9.17) is 4.74 Å². The van der Waals surface area contributed by atoms with Crippen molar-refractivity contribution >= 4 is 16.8 Å². The average molecular weight is 532 g/mol. The molecule has 0 aromatic heterocycles. The molecule has 0 saturated carbocycles. The van der Waals surface area contributed by atoms with E-state index in [0.717, 1.165) is 17.7 Å². The monoisotopic (exact) mass is 531 g/mol. The topological polar surface area (TPSA) is 46.6 Å². The smallest absolute Gasteiger partial charge is 0.416 e. The number of benzene rings is 3. The van der Waals surface area contributed by atoms with Crippen molar-refractivity contribution in [3.05, 3.63) is 107 Å². The Bertz CT molecular complexity index is 1270. The lowest BCUT2D eigenvalue weighted by Gasteiger charge is -2.30. The number of Topliss-reactive ketones (excluding diaryl/α,β-unsaturated/α-hetero) is 1. The number of aryl methyl sites for hydroxylation is 1. The maximum absolute atomic E-state index is 13.3. The minimum Gasteiger partial charge on any atom is -0.489 e. The number of ether oxygens (including phenoxy) is 1. The van der Waals surface area contributed by atoms with Crippen molar-refractivity contribution < 1.29 is 31.3 Å². The maximum atomic E-state index is 13.3. The zero-order valence-corrected chi connectivity index (χ0v) is 20.6. The normalized spacial score (nSPS) is 16.9. The van der Waals surface area contributed by atoms with Crippen molar-refractivity contribution in [2.45, 2.75) is 43.0 Å². The molecule has 4 nitrogen and oxygen atoms in total. The van der Waals surface area contributed by atoms with Gasteiger partial charge < -0.3 is 4.74 Å². The van der Waals surface area contributed by atoms with E-state index in [1.54, 1.807) is 22.5 Å². The zero-order valence-electron chi connectivity index (χ0n) is 19.8. The molecule has 0 saturated heterocycles. The van der Waals surface area contributed by atoms with E-state index in [-0.39, 0.29) is 18.8 Å². The number of ketones is 1. The van der Waals surface area contributed by atoms with Crippen molar-refractivity contribution in [2.24, 2.45) is 0 Å². The van der Waals surface area contributed by atoms with Crippen LogP contribution in [0.1, 0.15) is 29.5 Å². The molecule has 4 rings (SSSR count). The van der Waals surface area contributed by atoms with Crippen molar-refractivity contribution in [1.29, 1.82) is 0 Å². The second-order valence-electron chi connectivity index (χ2n) is 8.62. The van der Waals surface area contributed by atoms with Gasteiger partial charge in [0.2, 0.25) is 0 Å². The van der Waals surface area contributed by atoms with Crippen molar-refractivity contribution in [2.75, 3.05) is 6.54 Å². The number of hydrogen-bond donors (Lipinski definition) is 0. The van der Waals surface area contributed by atoms with Crippen LogP contribution in [0.2, 0.25) is 0 Å². The summed E-state index contributed by atoms with van der Waals surface area (Å²) in [5.41, 5.74) is 0.764. The van der Waals surface area contributed by atoms with Gasteiger partial charge in [0.15, 0.2) is 5.78 Å². The first-order valence-corrected chi connectivity index (χ1v) is 12.8. The standard InChI is InChI=1S/C28H25F4NO3S/c29-23-12-14-25(15-13-23)37(35)33-17-2-1-6-26(33)27(34)16-9-20-4-3-5-24(18-20)36-19-21-7-10-22(11-8-21)28(30,31)32/h1-5,7-8,10-15,18,26H,6,9,16-17,19H2/t26-,37?/m0/s1. The second kappa shape index (κ2) is 11.8. The lowest BCUT2D eigenvalue weighted by Crippen LogP contribution is -2.44. The molecule has 3 aromatic carbocycles. The largest absolute Gasteiger partial charge is 0.489 e. The summed E-state index contributed by atoms with van der Waals surface area (Å²) in [5, 5.41) is 0. The first-order valence-electron chi connectivity index (χ1n) is 11.7. The van der Waals surface area contributed by atoms with Crippen LogP contribution < -0.4 is 4.74 Å². The molecule has 1 heterocycles. The van der Waals surface area contributed by atoms with Gasteiger partial charge in [0.25, 0.3) is 0 Å². The Morgan fingerprint density at radius 1 is 0.973 bits per heavy atom. The lowest BCUT2D eigenvalue weighted by atomic mass is 9.99. The van der Waals surface area contributed by atoms with Crippen molar-refractivity contribution in [1.82, 2.24) is 4.31 Å². The van der Waals surface area contributed by atoms with Gasteiger partial charge >= 0.3 is 6.18 Å². The second-order valence-corrected chi connectivity index (χ2v) is 10.1. The highest BCUT2D eigenvalue weighted by molar-refractivity contribution is 7.82. The van der Waals surface area contributed by atoms with Crippen LogP contribution in [0.15, 0.2) is 89.8 Å². The predicted molar refractivity (Wildman–Crippen MR) is 133 cm³/mol. The number of carbonyl (C=O) groups is 1. The van der Waals surface area contributed by atoms with Gasteiger partial charge in [0.05, 0.1) is 16.5 Å². The molecule has 0 radical (unpaired) electrons. The molecule has 0 fully saturated rings. The summed E-state index contributed by atoms with van der Waals surface area (Å²) in [6.07, 6.45) is 0.513. The summed E-state index contributed by atoms with van der Waals surface area (Å²) < 4.78 is 71.8. The number of halogens is 4. The predicted octanol–water partition coefficient (Wildman–Crippen LogP) is 6.28. The lowest BCUT2D eigenvalue weighted by molar-refractivity contribution is -0.137. The van der Waals surface area contributed by atoms with Crippen LogP contribution in [-0.4, -0.2) is 26.9 Å². The molecule has 3 aromatic rings. The van der Waals surface area contributed by atoms with Crippen LogP contribution in [-0.2, 0) is 35.0 Å². The molecule has 2 atom stereocenters. The first kappa shape index (κ1) is 26.8. The Kier molecular flexibility index (Phi) is 8.56. The molecule has 9 heteroatoms. The van der Waals surface area contributed by atoms with Gasteiger partial charge in [0, 0.05) is 13.0 Å². The zero-order chi connectivity index (χ0) is 26.4. The van der Waals surface area contributed by atoms with Gasteiger partial charge in [-0.15, -0.1) is 0 Å². The fourth-order valence-corrected chi connectivity index (χ4v) is 5.29. The fourth-order valence-electron chi connectivity index (χ4n) is 3.99. The van der Waals surface area contributed by atoms with Gasteiger partial charge in [-0.25, -0.2) is 12.9 Å². The summed E-state index contributed by atoms with van der Waals surface area (Å²) in [4.78, 5) is 13.5. The van der Waals surface area contributed by atoms with Crippen LogP contribution in [0.25, 0.3) is 0 Å². The molecule has 1 aliphatic rings. The van der Waals surface area contributed by atoms with E-state index in [2.05, 4.69) is 0 Å². The highest BCUT2D eigenvalue weighted by Gasteiger charge is 2.31. The Labute approximate surface area is 215 Å². The average Bonchev–Trinajstić information content (AvgIpc) is 2.90. The van der Waals surface area contributed by atoms with Crippen molar-refractivity contribution in [3.8, 4) is 5.75 Å². The first-order chi connectivity index (χ1) is 17.7. The molecule has 0 spiro atoms. The van der Waals surface area contributed by atoms with E-state index in [1.165, 1.54) is 36.4 Å². The quantitative estimate of drug-likeness (QED) is 0.241. The molecule has 37 heavy (non-hydrogen) atoms. The highest BCUT2D eigenvalue weighted by Crippen LogP contribution is 2.29. The highest BCUT2D eigenvalue weighted by atomic mass is 32.2. The molecule has 0 amide bonds. The molecule has 0 aliphatic carbocycles. The third-order valence-electron chi connectivity index (χ3n) is 6.00. The van der Waals surface area contributed by atoms with E-state index in [9.17, 15) is 26.6 Å². The molecule has 1 unspecified atom stereocenters. The van der Waals surface area contributed by atoms with Crippen molar-refractivity contribution in [3.63, 3.8) is 0 Å². The fraction of sp³-hybridized carbons (Fsp3) is 0.250. The Morgan fingerprint density at radius 2 is 1.70 bits per heavy atom. The minimum absolute atomic E-state index is 0.0455. The Hall–Kier alpha value is -3.30. The number of rotatable bonds is 9. The van der Waals surface area contributed by atoms with Gasteiger partial charge in [-0.2, -0.15) is 13.2 Å². The van der Waals surface area contributed by atoms with Gasteiger partial charge in [-0.3, -0.25) is 4.79 Å². The number of alkyl halides is 3. The number of hydrogen-bond acceptors (Lipinski definition) is 3. The summed E-state index contributed by atoms with van der Waals surface area (Å²) >= 11 is 0. The summed E-state index contributed by atoms with van der Waals surface area (Å²) in [7, 11) is -1.60. The van der Waals surface area contributed by atoms with Crippen LogP contribution in [0, 0.1) is 5.82 Å². The molecular weight excluding hydrogens is 506 g/mol.